The lowest BCUT2D eigenvalue weighted by molar-refractivity contribution is -0.137. The second-order valence-corrected chi connectivity index (χ2v) is 5.48. The van der Waals surface area contributed by atoms with Crippen LogP contribution in [0.5, 0.6) is 0 Å². The van der Waals surface area contributed by atoms with E-state index in [1.54, 1.807) is 0 Å². The molecule has 2 rings (SSSR count). The first-order valence-corrected chi connectivity index (χ1v) is 6.79. The van der Waals surface area contributed by atoms with E-state index in [4.69, 9.17) is 9.47 Å². The van der Waals surface area contributed by atoms with Crippen LogP contribution in [0.25, 0.3) is 0 Å². The summed E-state index contributed by atoms with van der Waals surface area (Å²) in [5.41, 5.74) is -0.0959. The number of morpholine rings is 1. The van der Waals surface area contributed by atoms with Gasteiger partial charge in [-0.25, -0.2) is 0 Å². The summed E-state index contributed by atoms with van der Waals surface area (Å²) in [5.74, 6) is 0.165. The molecule has 5 heteroatoms. The van der Waals surface area contributed by atoms with Gasteiger partial charge in [-0.05, 0) is 27.2 Å². The fourth-order valence-electron chi connectivity index (χ4n) is 2.64. The maximum atomic E-state index is 12.3. The van der Waals surface area contributed by atoms with Crippen LogP contribution in [0, 0.1) is 0 Å². The fraction of sp³-hybridized carbons (Fsp3) is 0.923. The molecule has 2 aliphatic heterocycles. The molecular formula is C13H24N2O3. The van der Waals surface area contributed by atoms with E-state index in [1.165, 1.54) is 0 Å². The molecule has 0 aromatic carbocycles. The molecule has 0 aliphatic carbocycles. The first-order valence-electron chi connectivity index (χ1n) is 6.79. The highest BCUT2D eigenvalue weighted by Gasteiger charge is 2.39. The number of nitrogens with one attached hydrogen (secondary N) is 1. The van der Waals surface area contributed by atoms with Crippen molar-refractivity contribution in [2.24, 2.45) is 0 Å². The van der Waals surface area contributed by atoms with Crippen molar-refractivity contribution in [3.63, 3.8) is 0 Å². The molecule has 2 saturated heterocycles. The van der Waals surface area contributed by atoms with E-state index in [-0.39, 0.29) is 23.6 Å². The van der Waals surface area contributed by atoms with Gasteiger partial charge in [0.1, 0.15) is 0 Å². The zero-order chi connectivity index (χ0) is 13.2. The van der Waals surface area contributed by atoms with E-state index in [2.05, 4.69) is 19.2 Å². The molecule has 2 heterocycles. The highest BCUT2D eigenvalue weighted by atomic mass is 16.5. The second kappa shape index (κ2) is 5.55. The van der Waals surface area contributed by atoms with Crippen molar-refractivity contribution in [1.29, 1.82) is 0 Å². The molecule has 2 fully saturated rings. The summed E-state index contributed by atoms with van der Waals surface area (Å²) in [7, 11) is 0. The lowest BCUT2D eigenvalue weighted by Crippen LogP contribution is -2.57. The van der Waals surface area contributed by atoms with Gasteiger partial charge in [0.05, 0.1) is 25.4 Å². The molecule has 18 heavy (non-hydrogen) atoms. The van der Waals surface area contributed by atoms with Crippen LogP contribution in [0.2, 0.25) is 0 Å². The first kappa shape index (κ1) is 13.8. The lowest BCUT2D eigenvalue weighted by Gasteiger charge is -2.35. The second-order valence-electron chi connectivity index (χ2n) is 5.48. The third-order valence-electron chi connectivity index (χ3n) is 4.13. The molecule has 0 radical (unpaired) electrons. The quantitative estimate of drug-likeness (QED) is 0.793. The predicted molar refractivity (Wildman–Crippen MR) is 68.4 cm³/mol. The van der Waals surface area contributed by atoms with E-state index in [0.717, 1.165) is 13.0 Å². The van der Waals surface area contributed by atoms with Crippen LogP contribution in [0.1, 0.15) is 27.2 Å². The molecule has 2 aliphatic rings. The van der Waals surface area contributed by atoms with Crippen molar-refractivity contribution >= 4 is 5.91 Å². The molecule has 0 bridgehead atoms. The third kappa shape index (κ3) is 2.84. The van der Waals surface area contributed by atoms with Gasteiger partial charge in [-0.3, -0.25) is 10.1 Å². The average molecular weight is 256 g/mol. The number of hydrogen-bond donors (Lipinski definition) is 1. The minimum absolute atomic E-state index is 0.0959. The van der Waals surface area contributed by atoms with Gasteiger partial charge < -0.3 is 14.4 Å². The Morgan fingerprint density at radius 2 is 2.06 bits per heavy atom. The van der Waals surface area contributed by atoms with Gasteiger partial charge in [0, 0.05) is 25.2 Å². The summed E-state index contributed by atoms with van der Waals surface area (Å²) in [6.07, 6.45) is 1.10. The van der Waals surface area contributed by atoms with Crippen LogP contribution in [-0.2, 0) is 14.3 Å². The Balaban J connectivity index is 1.90. The van der Waals surface area contributed by atoms with E-state index in [9.17, 15) is 4.79 Å². The fourth-order valence-corrected chi connectivity index (χ4v) is 2.64. The van der Waals surface area contributed by atoms with E-state index in [1.807, 2.05) is 11.8 Å². The Hall–Kier alpha value is -0.650. The molecule has 5 nitrogen and oxygen atoms in total. The number of nitrogens with zero attached hydrogens (tertiary/aromatic N) is 1. The maximum Gasteiger partial charge on any atom is 0.239 e. The minimum atomic E-state index is -0.169. The van der Waals surface area contributed by atoms with Gasteiger partial charge in [0.2, 0.25) is 5.91 Å². The van der Waals surface area contributed by atoms with Gasteiger partial charge >= 0.3 is 0 Å². The van der Waals surface area contributed by atoms with Crippen molar-refractivity contribution in [2.45, 2.75) is 44.9 Å². The van der Waals surface area contributed by atoms with Crippen LogP contribution in [0.3, 0.4) is 0 Å². The third-order valence-corrected chi connectivity index (χ3v) is 4.13. The smallest absolute Gasteiger partial charge is 0.239 e. The molecule has 0 saturated carbocycles. The molecule has 1 N–H and O–H groups in total. The largest absolute Gasteiger partial charge is 0.378 e. The Labute approximate surface area is 109 Å². The minimum Gasteiger partial charge on any atom is -0.378 e. The van der Waals surface area contributed by atoms with Crippen molar-refractivity contribution in [1.82, 2.24) is 10.2 Å². The number of hydrogen-bond acceptors (Lipinski definition) is 4. The summed E-state index contributed by atoms with van der Waals surface area (Å²) in [5, 5.41) is 3.45. The van der Waals surface area contributed by atoms with Crippen molar-refractivity contribution in [3.8, 4) is 0 Å². The SMILES string of the molecule is CC(NC1(C)CCOC1C)C(=O)N1CCOCC1. The average Bonchev–Trinajstić information content (AvgIpc) is 2.69. The van der Waals surface area contributed by atoms with Crippen LogP contribution < -0.4 is 5.32 Å². The van der Waals surface area contributed by atoms with Crippen LogP contribution in [-0.4, -0.2) is 61.4 Å². The zero-order valence-corrected chi connectivity index (χ0v) is 11.6. The monoisotopic (exact) mass is 256 g/mol. The van der Waals surface area contributed by atoms with Gasteiger partial charge in [-0.1, -0.05) is 0 Å². The molecule has 0 aromatic heterocycles. The summed E-state index contributed by atoms with van der Waals surface area (Å²) in [6.45, 7) is 9.60. The van der Waals surface area contributed by atoms with E-state index >= 15 is 0 Å². The molecular weight excluding hydrogens is 232 g/mol. The lowest BCUT2D eigenvalue weighted by atomic mass is 9.93. The van der Waals surface area contributed by atoms with Gasteiger partial charge in [-0.2, -0.15) is 0 Å². The van der Waals surface area contributed by atoms with Gasteiger partial charge in [0.15, 0.2) is 0 Å². The van der Waals surface area contributed by atoms with E-state index < -0.39 is 0 Å². The number of carbonyl (C=O) groups excluding carboxylic acids is 1. The number of ether oxygens (including phenoxy) is 2. The van der Waals surface area contributed by atoms with E-state index in [0.29, 0.717) is 26.3 Å². The van der Waals surface area contributed by atoms with Crippen molar-refractivity contribution in [3.05, 3.63) is 0 Å². The summed E-state index contributed by atoms with van der Waals surface area (Å²) in [6, 6.07) is -0.169. The van der Waals surface area contributed by atoms with Gasteiger partial charge in [-0.15, -0.1) is 0 Å². The van der Waals surface area contributed by atoms with Crippen LogP contribution in [0.15, 0.2) is 0 Å². The molecule has 104 valence electrons. The van der Waals surface area contributed by atoms with Crippen LogP contribution >= 0.6 is 0 Å². The number of amides is 1. The van der Waals surface area contributed by atoms with Gasteiger partial charge in [0.25, 0.3) is 0 Å². The maximum absolute atomic E-state index is 12.3. The Morgan fingerprint density at radius 1 is 1.39 bits per heavy atom. The Kier molecular flexibility index (Phi) is 4.25. The van der Waals surface area contributed by atoms with Crippen LogP contribution in [0.4, 0.5) is 0 Å². The zero-order valence-electron chi connectivity index (χ0n) is 11.6. The topological polar surface area (TPSA) is 50.8 Å². The van der Waals surface area contributed by atoms with Crippen molar-refractivity contribution < 1.29 is 14.3 Å². The standard InChI is InChI=1S/C13H24N2O3/c1-10(12(16)15-5-8-17-9-6-15)14-13(3)4-7-18-11(13)2/h10-11,14H,4-9H2,1-3H3. The highest BCUT2D eigenvalue weighted by molar-refractivity contribution is 5.81. The molecule has 0 spiro atoms. The first-order chi connectivity index (χ1) is 8.53. The molecule has 0 aromatic rings. The summed E-state index contributed by atoms with van der Waals surface area (Å²) in [4.78, 5) is 14.2. The summed E-state index contributed by atoms with van der Waals surface area (Å²) >= 11 is 0. The molecule has 3 unspecified atom stereocenters. The van der Waals surface area contributed by atoms with Crippen molar-refractivity contribution in [2.75, 3.05) is 32.9 Å². The molecule has 1 amide bonds. The number of rotatable bonds is 3. The highest BCUT2D eigenvalue weighted by Crippen LogP contribution is 2.25. The Morgan fingerprint density at radius 3 is 2.61 bits per heavy atom. The predicted octanol–water partition coefficient (Wildman–Crippen LogP) is 0.391. The molecule has 3 atom stereocenters. The number of carbonyl (C=O) groups is 1. The summed E-state index contributed by atoms with van der Waals surface area (Å²) < 4.78 is 10.9. The normalized spacial score (nSPS) is 34.6. The Bertz CT molecular complexity index is 305.